The number of fused-ring (bicyclic) bond motifs is 1. The Labute approximate surface area is 80.7 Å². The van der Waals surface area contributed by atoms with E-state index in [2.05, 4.69) is 10.1 Å². The molecular weight excluding hydrogens is 178 g/mol. The zero-order valence-electron chi connectivity index (χ0n) is 7.38. The predicted octanol–water partition coefficient (Wildman–Crippen LogP) is 1.63. The van der Waals surface area contributed by atoms with Gasteiger partial charge in [0.15, 0.2) is 0 Å². The molecule has 1 aromatic heterocycles. The van der Waals surface area contributed by atoms with E-state index in [-0.39, 0.29) is 0 Å². The molecular formula is C10H9N3O. The highest BCUT2D eigenvalue weighted by Gasteiger charge is 1.98. The molecule has 4 nitrogen and oxygen atoms in total. The van der Waals surface area contributed by atoms with E-state index < -0.39 is 0 Å². The van der Waals surface area contributed by atoms with Crippen molar-refractivity contribution in [3.05, 3.63) is 36.2 Å². The van der Waals surface area contributed by atoms with Gasteiger partial charge in [-0.3, -0.25) is 4.98 Å². The molecule has 2 rings (SSSR count). The van der Waals surface area contributed by atoms with E-state index in [9.17, 15) is 0 Å². The maximum atomic E-state index is 8.38. The molecule has 0 saturated heterocycles. The van der Waals surface area contributed by atoms with Crippen LogP contribution in [0.3, 0.4) is 0 Å². The molecule has 0 unspecified atom stereocenters. The zero-order chi connectivity index (χ0) is 9.97. The van der Waals surface area contributed by atoms with Gasteiger partial charge in [-0.1, -0.05) is 17.3 Å². The molecule has 70 valence electrons. The summed E-state index contributed by atoms with van der Waals surface area (Å²) < 4.78 is 0. The van der Waals surface area contributed by atoms with E-state index in [0.29, 0.717) is 5.69 Å². The van der Waals surface area contributed by atoms with Crippen LogP contribution in [0, 0.1) is 0 Å². The Hall–Kier alpha value is -2.10. The lowest BCUT2D eigenvalue weighted by Gasteiger charge is -2.01. The molecule has 0 atom stereocenters. The van der Waals surface area contributed by atoms with Crippen LogP contribution in [0.15, 0.2) is 35.7 Å². The summed E-state index contributed by atoms with van der Waals surface area (Å²) in [6.07, 6.45) is 4.70. The first kappa shape index (κ1) is 8.50. The third kappa shape index (κ3) is 1.37. The average molecular weight is 187 g/mol. The van der Waals surface area contributed by atoms with Crippen LogP contribution in [-0.2, 0) is 0 Å². The molecule has 0 bridgehead atoms. The number of oxime groups is 1. The fraction of sp³-hybridized carbons (Fsp3) is 0. The van der Waals surface area contributed by atoms with Gasteiger partial charge in [-0.25, -0.2) is 0 Å². The van der Waals surface area contributed by atoms with Crippen LogP contribution in [0.4, 0.5) is 5.69 Å². The standard InChI is InChI=1S/C10H9N3O/c11-10-6-12-5-8-3-7(4-13-14)1-2-9(8)10/h1-6,14H,11H2. The summed E-state index contributed by atoms with van der Waals surface area (Å²) in [4.78, 5) is 3.98. The van der Waals surface area contributed by atoms with Crippen molar-refractivity contribution in [2.45, 2.75) is 0 Å². The van der Waals surface area contributed by atoms with Crippen molar-refractivity contribution >= 4 is 22.7 Å². The molecule has 0 amide bonds. The largest absolute Gasteiger partial charge is 0.411 e. The minimum atomic E-state index is 0.648. The summed E-state index contributed by atoms with van der Waals surface area (Å²) >= 11 is 0. The molecule has 1 heterocycles. The quantitative estimate of drug-likeness (QED) is 0.405. The molecule has 0 radical (unpaired) electrons. The lowest BCUT2D eigenvalue weighted by molar-refractivity contribution is 0.322. The Kier molecular flexibility index (Phi) is 2.02. The average Bonchev–Trinajstić information content (AvgIpc) is 2.18. The highest BCUT2D eigenvalue weighted by molar-refractivity contribution is 5.95. The van der Waals surface area contributed by atoms with Crippen molar-refractivity contribution in [2.24, 2.45) is 5.16 Å². The van der Waals surface area contributed by atoms with Gasteiger partial charge in [0.05, 0.1) is 18.1 Å². The van der Waals surface area contributed by atoms with Gasteiger partial charge in [0.1, 0.15) is 0 Å². The summed E-state index contributed by atoms with van der Waals surface area (Å²) in [7, 11) is 0. The Morgan fingerprint density at radius 1 is 1.36 bits per heavy atom. The lowest BCUT2D eigenvalue weighted by atomic mass is 10.1. The number of nitrogens with zero attached hydrogens (tertiary/aromatic N) is 2. The number of rotatable bonds is 1. The first-order chi connectivity index (χ1) is 6.81. The maximum absolute atomic E-state index is 8.38. The van der Waals surface area contributed by atoms with Crippen LogP contribution >= 0.6 is 0 Å². The summed E-state index contributed by atoms with van der Waals surface area (Å²) in [5.74, 6) is 0. The van der Waals surface area contributed by atoms with Crippen LogP contribution in [0.5, 0.6) is 0 Å². The number of anilines is 1. The van der Waals surface area contributed by atoms with Crippen LogP contribution in [0.2, 0.25) is 0 Å². The summed E-state index contributed by atoms with van der Waals surface area (Å²) in [6.45, 7) is 0. The summed E-state index contributed by atoms with van der Waals surface area (Å²) in [5, 5.41) is 13.2. The number of aromatic nitrogens is 1. The van der Waals surface area contributed by atoms with E-state index in [1.54, 1.807) is 12.4 Å². The van der Waals surface area contributed by atoms with Crippen molar-refractivity contribution in [1.82, 2.24) is 4.98 Å². The minimum absolute atomic E-state index is 0.648. The number of pyridine rings is 1. The first-order valence-corrected chi connectivity index (χ1v) is 4.12. The van der Waals surface area contributed by atoms with Crippen LogP contribution in [0.1, 0.15) is 5.56 Å². The van der Waals surface area contributed by atoms with Crippen molar-refractivity contribution < 1.29 is 5.21 Å². The summed E-state index contributed by atoms with van der Waals surface area (Å²) in [5.41, 5.74) is 7.20. The van der Waals surface area contributed by atoms with Crippen LogP contribution in [-0.4, -0.2) is 16.4 Å². The Bertz CT molecular complexity index is 494. The number of nitrogen functional groups attached to an aromatic ring is 1. The molecule has 0 aliphatic carbocycles. The van der Waals surface area contributed by atoms with E-state index in [0.717, 1.165) is 16.3 Å². The van der Waals surface area contributed by atoms with Gasteiger partial charge >= 0.3 is 0 Å². The molecule has 0 aliphatic heterocycles. The van der Waals surface area contributed by atoms with Crippen LogP contribution in [0.25, 0.3) is 10.8 Å². The second-order valence-electron chi connectivity index (χ2n) is 2.95. The molecule has 14 heavy (non-hydrogen) atoms. The molecule has 1 aromatic carbocycles. The SMILES string of the molecule is Nc1cncc2cc(C=NO)ccc12. The van der Waals surface area contributed by atoms with E-state index in [1.165, 1.54) is 6.21 Å². The number of hydrogen-bond donors (Lipinski definition) is 2. The molecule has 0 aliphatic rings. The first-order valence-electron chi connectivity index (χ1n) is 4.12. The fourth-order valence-corrected chi connectivity index (χ4v) is 1.37. The Morgan fingerprint density at radius 3 is 3.00 bits per heavy atom. The Balaban J connectivity index is 2.67. The highest BCUT2D eigenvalue weighted by atomic mass is 16.4. The number of hydrogen-bond acceptors (Lipinski definition) is 4. The Morgan fingerprint density at radius 2 is 2.21 bits per heavy atom. The van der Waals surface area contributed by atoms with Crippen molar-refractivity contribution in [2.75, 3.05) is 5.73 Å². The van der Waals surface area contributed by atoms with E-state index in [1.807, 2.05) is 18.2 Å². The third-order valence-corrected chi connectivity index (χ3v) is 2.02. The molecule has 0 spiro atoms. The minimum Gasteiger partial charge on any atom is -0.411 e. The van der Waals surface area contributed by atoms with Crippen LogP contribution < -0.4 is 5.73 Å². The van der Waals surface area contributed by atoms with Gasteiger partial charge in [0, 0.05) is 17.0 Å². The van der Waals surface area contributed by atoms with Gasteiger partial charge in [0.2, 0.25) is 0 Å². The number of benzene rings is 1. The van der Waals surface area contributed by atoms with Gasteiger partial charge in [-0.05, 0) is 11.6 Å². The molecule has 3 N–H and O–H groups in total. The molecule has 0 saturated carbocycles. The third-order valence-electron chi connectivity index (χ3n) is 2.02. The second-order valence-corrected chi connectivity index (χ2v) is 2.95. The number of nitrogens with two attached hydrogens (primary N) is 1. The van der Waals surface area contributed by atoms with Gasteiger partial charge < -0.3 is 10.9 Å². The van der Waals surface area contributed by atoms with E-state index >= 15 is 0 Å². The smallest absolute Gasteiger partial charge is 0.0734 e. The highest BCUT2D eigenvalue weighted by Crippen LogP contribution is 2.19. The lowest BCUT2D eigenvalue weighted by Crippen LogP contribution is -1.89. The molecule has 4 heteroatoms. The fourth-order valence-electron chi connectivity index (χ4n) is 1.37. The van der Waals surface area contributed by atoms with Gasteiger partial charge in [-0.15, -0.1) is 0 Å². The normalized spacial score (nSPS) is 11.1. The zero-order valence-corrected chi connectivity index (χ0v) is 7.38. The molecule has 2 aromatic rings. The van der Waals surface area contributed by atoms with Crippen molar-refractivity contribution in [3.63, 3.8) is 0 Å². The summed E-state index contributed by atoms with van der Waals surface area (Å²) in [6, 6.07) is 5.57. The van der Waals surface area contributed by atoms with Gasteiger partial charge in [0.25, 0.3) is 0 Å². The molecule has 0 fully saturated rings. The second kappa shape index (κ2) is 3.33. The van der Waals surface area contributed by atoms with Gasteiger partial charge in [-0.2, -0.15) is 0 Å². The van der Waals surface area contributed by atoms with E-state index in [4.69, 9.17) is 10.9 Å². The van der Waals surface area contributed by atoms with Crippen molar-refractivity contribution in [3.8, 4) is 0 Å². The monoisotopic (exact) mass is 187 g/mol. The predicted molar refractivity (Wildman–Crippen MR) is 55.5 cm³/mol. The topological polar surface area (TPSA) is 71.5 Å². The van der Waals surface area contributed by atoms with Crippen molar-refractivity contribution in [1.29, 1.82) is 0 Å². The maximum Gasteiger partial charge on any atom is 0.0734 e.